The van der Waals surface area contributed by atoms with Crippen LogP contribution in [0.3, 0.4) is 0 Å². The van der Waals surface area contributed by atoms with Crippen LogP contribution in [0, 0.1) is 13.1 Å². The van der Waals surface area contributed by atoms with Crippen LogP contribution in [0.2, 0.25) is 0 Å². The second kappa shape index (κ2) is 3.74. The van der Waals surface area contributed by atoms with Gasteiger partial charge in [-0.1, -0.05) is 18.8 Å². The first-order valence-corrected chi connectivity index (χ1v) is 2.19. The second-order valence-corrected chi connectivity index (χ2v) is 1.41. The van der Waals surface area contributed by atoms with Gasteiger partial charge in [0.1, 0.15) is 0 Å². The van der Waals surface area contributed by atoms with Crippen molar-refractivity contribution in [3.8, 4) is 0 Å². The molecule has 0 fully saturated rings. The molecule has 1 rings (SSSR count). The van der Waals surface area contributed by atoms with Gasteiger partial charge in [-0.05, 0) is 0 Å². The van der Waals surface area contributed by atoms with Crippen molar-refractivity contribution >= 4 is 0 Å². The zero-order valence-electron chi connectivity index (χ0n) is 4.89. The molecule has 0 aliphatic carbocycles. The minimum Gasteiger partial charge on any atom is -0.391 e. The van der Waals surface area contributed by atoms with E-state index in [0.717, 1.165) is 5.69 Å². The number of hydrogen-bond donors (Lipinski definition) is 0. The van der Waals surface area contributed by atoms with Gasteiger partial charge in [0.2, 0.25) is 0 Å². The van der Waals surface area contributed by atoms with Gasteiger partial charge in [-0.25, -0.2) is 0 Å². The quantitative estimate of drug-likeness (QED) is 0.407. The fourth-order valence-electron chi connectivity index (χ4n) is 0.407. The van der Waals surface area contributed by atoms with Crippen molar-refractivity contribution in [2.75, 3.05) is 0 Å². The summed E-state index contributed by atoms with van der Waals surface area (Å²) in [5.74, 6) is 0. The van der Waals surface area contributed by atoms with E-state index in [-0.39, 0.29) is 19.5 Å². The molecule has 0 unspecified atom stereocenters. The number of rotatable bonds is 0. The van der Waals surface area contributed by atoms with Gasteiger partial charge < -0.3 is 4.98 Å². The van der Waals surface area contributed by atoms with Crippen LogP contribution in [0.5, 0.6) is 0 Å². The van der Waals surface area contributed by atoms with E-state index < -0.39 is 0 Å². The monoisotopic (exact) mass is 156 g/mol. The molecule has 0 atom stereocenters. The summed E-state index contributed by atoms with van der Waals surface area (Å²) in [6.07, 6.45) is 2.71. The van der Waals surface area contributed by atoms with E-state index >= 15 is 0 Å². The summed E-state index contributed by atoms with van der Waals surface area (Å²) in [4.78, 5) is 3.85. The molecule has 0 N–H and O–H groups in total. The average molecular weight is 158 g/mol. The zero-order chi connectivity index (χ0) is 5.11. The maximum atomic E-state index is 3.85. The first kappa shape index (κ1) is 7.77. The van der Waals surface area contributed by atoms with Crippen LogP contribution in [0.1, 0.15) is 5.69 Å². The third-order valence-corrected chi connectivity index (χ3v) is 0.749. The second-order valence-electron chi connectivity index (χ2n) is 1.41. The van der Waals surface area contributed by atoms with Crippen LogP contribution >= 0.6 is 0 Å². The Morgan fingerprint density at radius 2 is 2.38 bits per heavy atom. The Bertz CT molecular complexity index is 138. The van der Waals surface area contributed by atoms with Gasteiger partial charge in [0.25, 0.3) is 0 Å². The summed E-state index contributed by atoms with van der Waals surface area (Å²) in [6.45, 7) is 1.94. The predicted molar refractivity (Wildman–Crippen MR) is 27.8 cm³/mol. The van der Waals surface area contributed by atoms with Gasteiger partial charge in [-0.3, -0.25) is 0 Å². The van der Waals surface area contributed by atoms with E-state index in [2.05, 4.69) is 11.2 Å². The molecule has 0 amide bonds. The molecule has 0 bridgehead atoms. The van der Waals surface area contributed by atoms with Crippen LogP contribution < -0.4 is 0 Å². The molecule has 38 valence electrons. The van der Waals surface area contributed by atoms with Gasteiger partial charge in [-0.2, -0.15) is 18.2 Å². The van der Waals surface area contributed by atoms with Gasteiger partial charge in [0, 0.05) is 19.5 Å². The van der Waals surface area contributed by atoms with Crippen molar-refractivity contribution in [3.05, 3.63) is 30.1 Å². The molecule has 0 spiro atoms. The molecule has 1 heterocycles. The summed E-state index contributed by atoms with van der Waals surface area (Å²) < 4.78 is 0. The van der Waals surface area contributed by atoms with Crippen molar-refractivity contribution in [1.82, 2.24) is 4.98 Å². The first-order valence-electron chi connectivity index (χ1n) is 2.19. The number of pyridine rings is 1. The summed E-state index contributed by atoms with van der Waals surface area (Å²) in [5.41, 5.74) is 1.02. The summed E-state index contributed by atoms with van der Waals surface area (Å²) in [7, 11) is 0. The molecule has 1 aromatic heterocycles. The molecular formula is C6H6NZn-. The summed E-state index contributed by atoms with van der Waals surface area (Å²) in [5, 5.41) is 0. The molecule has 2 heteroatoms. The van der Waals surface area contributed by atoms with Gasteiger partial charge >= 0.3 is 0 Å². The van der Waals surface area contributed by atoms with Gasteiger partial charge in [0.05, 0.1) is 0 Å². The van der Waals surface area contributed by atoms with Crippen LogP contribution in [-0.4, -0.2) is 4.98 Å². The van der Waals surface area contributed by atoms with E-state index in [9.17, 15) is 0 Å². The fraction of sp³-hybridized carbons (Fsp3) is 0.167. The minimum absolute atomic E-state index is 0. The standard InChI is InChI=1S/C6H6N.Zn/c1-6-4-2-3-5-7-6;/h2-4H,1H3;/q-1;. The third-order valence-electron chi connectivity index (χ3n) is 0.749. The van der Waals surface area contributed by atoms with Crippen molar-refractivity contribution in [2.24, 2.45) is 0 Å². The first-order chi connectivity index (χ1) is 3.39. The molecule has 0 saturated heterocycles. The zero-order valence-corrected chi connectivity index (χ0v) is 7.85. The molecule has 0 radical (unpaired) electrons. The van der Waals surface area contributed by atoms with E-state index in [4.69, 9.17) is 0 Å². The third kappa shape index (κ3) is 2.18. The SMILES string of the molecule is Cc1ccc[c-]n1.[Zn]. The summed E-state index contributed by atoms with van der Waals surface area (Å²) in [6, 6.07) is 5.64. The Balaban J connectivity index is 0.000000490. The van der Waals surface area contributed by atoms with Gasteiger partial charge in [-0.15, -0.1) is 0 Å². The van der Waals surface area contributed by atoms with Crippen molar-refractivity contribution in [1.29, 1.82) is 0 Å². The van der Waals surface area contributed by atoms with Crippen molar-refractivity contribution < 1.29 is 19.5 Å². The topological polar surface area (TPSA) is 12.9 Å². The number of hydrogen-bond acceptors (Lipinski definition) is 1. The molecule has 0 saturated carbocycles. The summed E-state index contributed by atoms with van der Waals surface area (Å²) >= 11 is 0. The van der Waals surface area contributed by atoms with E-state index in [0.29, 0.717) is 0 Å². The smallest absolute Gasteiger partial charge is 0 e. The molecule has 0 aliphatic rings. The van der Waals surface area contributed by atoms with E-state index in [1.165, 1.54) is 0 Å². The Hall–Kier alpha value is -0.227. The number of aromatic nitrogens is 1. The molecule has 8 heavy (non-hydrogen) atoms. The number of nitrogens with zero attached hydrogens (tertiary/aromatic N) is 1. The maximum Gasteiger partial charge on any atom is 0 e. The average Bonchev–Trinajstić information content (AvgIpc) is 1.69. The molecule has 0 aromatic carbocycles. The normalized spacial score (nSPS) is 7.62. The van der Waals surface area contributed by atoms with Gasteiger partial charge in [0.15, 0.2) is 0 Å². The van der Waals surface area contributed by atoms with E-state index in [1.807, 2.05) is 19.1 Å². The molecule has 1 aromatic rings. The fourth-order valence-corrected chi connectivity index (χ4v) is 0.407. The van der Waals surface area contributed by atoms with Crippen LogP contribution in [0.15, 0.2) is 18.2 Å². The van der Waals surface area contributed by atoms with Crippen molar-refractivity contribution in [2.45, 2.75) is 6.92 Å². The van der Waals surface area contributed by atoms with E-state index in [1.54, 1.807) is 6.07 Å². The Morgan fingerprint density at radius 3 is 2.62 bits per heavy atom. The minimum atomic E-state index is 0. The van der Waals surface area contributed by atoms with Crippen LogP contribution in [0.25, 0.3) is 0 Å². The predicted octanol–water partition coefficient (Wildman–Crippen LogP) is 1.19. The Morgan fingerprint density at radius 1 is 1.62 bits per heavy atom. The Labute approximate surface area is 61.9 Å². The largest absolute Gasteiger partial charge is 0.391 e. The maximum absolute atomic E-state index is 3.85. The number of aryl methyl sites for hydroxylation is 1. The van der Waals surface area contributed by atoms with Crippen LogP contribution in [-0.2, 0) is 19.5 Å². The van der Waals surface area contributed by atoms with Crippen molar-refractivity contribution in [3.63, 3.8) is 0 Å². The molecule has 0 aliphatic heterocycles. The Kier molecular flexibility index (Phi) is 3.63. The van der Waals surface area contributed by atoms with Crippen LogP contribution in [0.4, 0.5) is 0 Å². The molecule has 1 nitrogen and oxygen atoms in total. The molecular weight excluding hydrogens is 151 g/mol.